The fourth-order valence-electron chi connectivity index (χ4n) is 2.89. The molecule has 3 N–H and O–H groups in total. The molecule has 0 amide bonds. The van der Waals surface area contributed by atoms with Crippen molar-refractivity contribution >= 4 is 0 Å². The van der Waals surface area contributed by atoms with Crippen LogP contribution in [-0.4, -0.2) is 0 Å². The molecule has 0 saturated heterocycles. The second kappa shape index (κ2) is 5.61. The Bertz CT molecular complexity index is 372. The molecule has 0 aromatic heterocycles. The standard InChI is InChI=1S/C14H21FN2/c1-10-7-8-12(15)9-13(10)14(17-16)11-5-3-2-4-6-11/h7-9,11,14,17H,2-6,16H2,1H3. The molecule has 3 heteroatoms. The van der Waals surface area contributed by atoms with E-state index in [1.54, 1.807) is 6.07 Å². The van der Waals surface area contributed by atoms with Crippen molar-refractivity contribution in [1.29, 1.82) is 0 Å². The molecule has 1 fully saturated rings. The Morgan fingerprint density at radius 3 is 2.65 bits per heavy atom. The number of nitrogens with one attached hydrogen (secondary N) is 1. The monoisotopic (exact) mass is 236 g/mol. The van der Waals surface area contributed by atoms with Crippen molar-refractivity contribution in [2.45, 2.75) is 45.1 Å². The minimum Gasteiger partial charge on any atom is -0.271 e. The Hall–Kier alpha value is -0.930. The number of nitrogens with two attached hydrogens (primary N) is 1. The molecule has 0 radical (unpaired) electrons. The van der Waals surface area contributed by atoms with Crippen LogP contribution in [0.3, 0.4) is 0 Å². The highest BCUT2D eigenvalue weighted by molar-refractivity contribution is 5.30. The third-order valence-corrected chi connectivity index (χ3v) is 3.88. The van der Waals surface area contributed by atoms with Gasteiger partial charge in [0.1, 0.15) is 5.82 Å². The van der Waals surface area contributed by atoms with Crippen molar-refractivity contribution in [1.82, 2.24) is 5.43 Å². The minimum atomic E-state index is -0.179. The van der Waals surface area contributed by atoms with Crippen molar-refractivity contribution < 1.29 is 4.39 Å². The maximum Gasteiger partial charge on any atom is 0.123 e. The van der Waals surface area contributed by atoms with Crippen molar-refractivity contribution in [3.05, 3.63) is 35.1 Å². The number of hydrazine groups is 1. The van der Waals surface area contributed by atoms with Gasteiger partial charge in [0.2, 0.25) is 0 Å². The molecule has 1 aliphatic rings. The van der Waals surface area contributed by atoms with Crippen LogP contribution < -0.4 is 11.3 Å². The van der Waals surface area contributed by atoms with Crippen molar-refractivity contribution in [2.75, 3.05) is 0 Å². The van der Waals surface area contributed by atoms with E-state index in [1.165, 1.54) is 38.2 Å². The van der Waals surface area contributed by atoms with Crippen LogP contribution in [0.15, 0.2) is 18.2 Å². The zero-order valence-electron chi connectivity index (χ0n) is 10.4. The van der Waals surface area contributed by atoms with Gasteiger partial charge >= 0.3 is 0 Å². The van der Waals surface area contributed by atoms with Crippen molar-refractivity contribution in [3.63, 3.8) is 0 Å². The van der Waals surface area contributed by atoms with Crippen molar-refractivity contribution in [3.8, 4) is 0 Å². The summed E-state index contributed by atoms with van der Waals surface area (Å²) in [7, 11) is 0. The molecule has 2 rings (SSSR count). The van der Waals surface area contributed by atoms with E-state index in [1.807, 2.05) is 13.0 Å². The molecule has 0 bridgehead atoms. The Morgan fingerprint density at radius 2 is 2.00 bits per heavy atom. The minimum absolute atomic E-state index is 0.0889. The molecule has 1 unspecified atom stereocenters. The average Bonchev–Trinajstić information content (AvgIpc) is 2.36. The summed E-state index contributed by atoms with van der Waals surface area (Å²) >= 11 is 0. The molecule has 1 saturated carbocycles. The van der Waals surface area contributed by atoms with Gasteiger partial charge in [-0.15, -0.1) is 0 Å². The van der Waals surface area contributed by atoms with Gasteiger partial charge in [-0.1, -0.05) is 25.3 Å². The normalized spacial score (nSPS) is 19.2. The molecular weight excluding hydrogens is 215 g/mol. The molecule has 0 heterocycles. The molecule has 0 aliphatic heterocycles. The van der Waals surface area contributed by atoms with Crippen molar-refractivity contribution in [2.24, 2.45) is 11.8 Å². The second-order valence-electron chi connectivity index (χ2n) is 5.04. The van der Waals surface area contributed by atoms with Crippen LogP contribution in [0.5, 0.6) is 0 Å². The first kappa shape index (κ1) is 12.5. The number of rotatable bonds is 3. The Kier molecular flexibility index (Phi) is 4.13. The highest BCUT2D eigenvalue weighted by Gasteiger charge is 2.25. The molecular formula is C14H21FN2. The van der Waals surface area contributed by atoms with E-state index < -0.39 is 0 Å². The van der Waals surface area contributed by atoms with Crippen LogP contribution in [0.4, 0.5) is 4.39 Å². The lowest BCUT2D eigenvalue weighted by molar-refractivity contribution is 0.272. The van der Waals surface area contributed by atoms with E-state index in [9.17, 15) is 4.39 Å². The van der Waals surface area contributed by atoms with E-state index >= 15 is 0 Å². The zero-order valence-corrected chi connectivity index (χ0v) is 10.4. The average molecular weight is 236 g/mol. The summed E-state index contributed by atoms with van der Waals surface area (Å²) < 4.78 is 13.3. The largest absolute Gasteiger partial charge is 0.271 e. The summed E-state index contributed by atoms with van der Waals surface area (Å²) in [6, 6.07) is 5.05. The molecule has 2 nitrogen and oxygen atoms in total. The summed E-state index contributed by atoms with van der Waals surface area (Å²) in [5, 5.41) is 0. The van der Waals surface area contributed by atoms with Gasteiger partial charge in [-0.05, 0) is 48.9 Å². The van der Waals surface area contributed by atoms with Gasteiger partial charge in [0.15, 0.2) is 0 Å². The van der Waals surface area contributed by atoms with Gasteiger partial charge in [0, 0.05) is 6.04 Å². The predicted octanol–water partition coefficient (Wildman–Crippen LogP) is 3.22. The Balaban J connectivity index is 2.24. The maximum absolute atomic E-state index is 13.3. The lowest BCUT2D eigenvalue weighted by Crippen LogP contribution is -2.35. The smallest absolute Gasteiger partial charge is 0.123 e. The summed E-state index contributed by atoms with van der Waals surface area (Å²) in [4.78, 5) is 0. The summed E-state index contributed by atoms with van der Waals surface area (Å²) in [5.41, 5.74) is 5.01. The van der Waals surface area contributed by atoms with E-state index in [0.29, 0.717) is 5.92 Å². The number of halogens is 1. The highest BCUT2D eigenvalue weighted by Crippen LogP contribution is 2.35. The number of hydrogen-bond donors (Lipinski definition) is 2. The SMILES string of the molecule is Cc1ccc(F)cc1C(NN)C1CCCCC1. The van der Waals surface area contributed by atoms with E-state index in [-0.39, 0.29) is 11.9 Å². The van der Waals surface area contributed by atoms with Gasteiger partial charge in [-0.2, -0.15) is 0 Å². The summed E-state index contributed by atoms with van der Waals surface area (Å²) in [5.74, 6) is 6.04. The third kappa shape index (κ3) is 2.85. The van der Waals surface area contributed by atoms with Gasteiger partial charge in [0.05, 0.1) is 0 Å². The predicted molar refractivity (Wildman–Crippen MR) is 67.8 cm³/mol. The lowest BCUT2D eigenvalue weighted by atomic mass is 9.80. The van der Waals surface area contributed by atoms with Gasteiger partial charge in [0.25, 0.3) is 0 Å². The molecule has 94 valence electrons. The molecule has 0 spiro atoms. The summed E-state index contributed by atoms with van der Waals surface area (Å²) in [6.45, 7) is 2.02. The first-order chi connectivity index (χ1) is 8.22. The van der Waals surface area contributed by atoms with Crippen LogP contribution >= 0.6 is 0 Å². The van der Waals surface area contributed by atoms with Crippen LogP contribution in [0.1, 0.15) is 49.3 Å². The first-order valence-corrected chi connectivity index (χ1v) is 6.44. The number of hydrogen-bond acceptors (Lipinski definition) is 2. The zero-order chi connectivity index (χ0) is 12.3. The van der Waals surface area contributed by atoms with Crippen LogP contribution in [-0.2, 0) is 0 Å². The van der Waals surface area contributed by atoms with Gasteiger partial charge in [-0.3, -0.25) is 11.3 Å². The fraction of sp³-hybridized carbons (Fsp3) is 0.571. The van der Waals surface area contributed by atoms with Gasteiger partial charge in [-0.25, -0.2) is 4.39 Å². The topological polar surface area (TPSA) is 38.0 Å². The molecule has 1 aromatic rings. The molecule has 1 aromatic carbocycles. The first-order valence-electron chi connectivity index (χ1n) is 6.44. The fourth-order valence-corrected chi connectivity index (χ4v) is 2.89. The number of benzene rings is 1. The number of aryl methyl sites for hydroxylation is 1. The molecule has 17 heavy (non-hydrogen) atoms. The Labute approximate surface area is 102 Å². The highest BCUT2D eigenvalue weighted by atomic mass is 19.1. The maximum atomic E-state index is 13.3. The molecule has 1 atom stereocenters. The Morgan fingerprint density at radius 1 is 1.29 bits per heavy atom. The quantitative estimate of drug-likeness (QED) is 0.624. The van der Waals surface area contributed by atoms with Gasteiger partial charge < -0.3 is 0 Å². The van der Waals surface area contributed by atoms with E-state index in [0.717, 1.165) is 11.1 Å². The second-order valence-corrected chi connectivity index (χ2v) is 5.04. The summed E-state index contributed by atoms with van der Waals surface area (Å²) in [6.07, 6.45) is 6.21. The lowest BCUT2D eigenvalue weighted by Gasteiger charge is -2.31. The molecule has 1 aliphatic carbocycles. The van der Waals surface area contributed by atoms with E-state index in [2.05, 4.69) is 5.43 Å². The van der Waals surface area contributed by atoms with Crippen LogP contribution in [0.2, 0.25) is 0 Å². The van der Waals surface area contributed by atoms with E-state index in [4.69, 9.17) is 5.84 Å². The van der Waals surface area contributed by atoms with Crippen LogP contribution in [0, 0.1) is 18.7 Å². The van der Waals surface area contributed by atoms with Crippen LogP contribution in [0.25, 0.3) is 0 Å². The third-order valence-electron chi connectivity index (χ3n) is 3.88.